The number of halogens is 1. The van der Waals surface area contributed by atoms with Crippen LogP contribution in [0.25, 0.3) is 11.3 Å². The Bertz CT molecular complexity index is 597. The van der Waals surface area contributed by atoms with E-state index in [1.54, 1.807) is 12.1 Å². The minimum absolute atomic E-state index is 0.257. The highest BCUT2D eigenvalue weighted by molar-refractivity contribution is 5.86. The van der Waals surface area contributed by atoms with E-state index in [-0.39, 0.29) is 5.82 Å². The second kappa shape index (κ2) is 5.49. The van der Waals surface area contributed by atoms with Gasteiger partial charge in [-0.3, -0.25) is 4.79 Å². The van der Waals surface area contributed by atoms with Crippen LogP contribution in [0.5, 0.6) is 0 Å². The monoisotopic (exact) mass is 272 g/mol. The topological polar surface area (TPSA) is 36.1 Å². The molecule has 1 aromatic carbocycles. The molecule has 0 unspecified atom stereocenters. The number of carbonyl (C=O) groups is 1. The molecule has 0 saturated carbocycles. The molecule has 0 aliphatic carbocycles. The molecule has 1 aliphatic heterocycles. The molecule has 0 bridgehead atoms. The second-order valence-electron chi connectivity index (χ2n) is 5.15. The lowest BCUT2D eigenvalue weighted by Crippen LogP contribution is -2.29. The number of aromatic amines is 1. The fourth-order valence-electron chi connectivity index (χ4n) is 2.73. The zero-order valence-electron chi connectivity index (χ0n) is 11.2. The van der Waals surface area contributed by atoms with Crippen molar-refractivity contribution in [3.05, 3.63) is 41.8 Å². The maximum absolute atomic E-state index is 13.0. The van der Waals surface area contributed by atoms with E-state index in [0.717, 1.165) is 49.2 Å². The van der Waals surface area contributed by atoms with Gasteiger partial charge in [0.1, 0.15) is 11.5 Å². The van der Waals surface area contributed by atoms with Gasteiger partial charge in [-0.15, -0.1) is 0 Å². The summed E-state index contributed by atoms with van der Waals surface area (Å²) in [4.78, 5) is 16.6. The maximum Gasteiger partial charge on any atom is 0.168 e. The Morgan fingerprint density at radius 2 is 1.80 bits per heavy atom. The molecule has 0 spiro atoms. The SMILES string of the molecule is O=Cc1[nH]c(-c2ccc(F)cc2)cc1N1CCCCC1. The van der Waals surface area contributed by atoms with E-state index in [9.17, 15) is 9.18 Å². The van der Waals surface area contributed by atoms with Crippen molar-refractivity contribution in [2.75, 3.05) is 18.0 Å². The summed E-state index contributed by atoms with van der Waals surface area (Å²) >= 11 is 0. The molecular weight excluding hydrogens is 255 g/mol. The third-order valence-electron chi connectivity index (χ3n) is 3.80. The summed E-state index contributed by atoms with van der Waals surface area (Å²) in [5.41, 5.74) is 3.30. The van der Waals surface area contributed by atoms with Crippen LogP contribution in [0.2, 0.25) is 0 Å². The first-order valence-corrected chi connectivity index (χ1v) is 6.97. The first-order chi connectivity index (χ1) is 9.78. The van der Waals surface area contributed by atoms with Crippen LogP contribution >= 0.6 is 0 Å². The lowest BCUT2D eigenvalue weighted by Gasteiger charge is -2.28. The summed E-state index contributed by atoms with van der Waals surface area (Å²) < 4.78 is 13.0. The van der Waals surface area contributed by atoms with Crippen molar-refractivity contribution in [3.8, 4) is 11.3 Å². The van der Waals surface area contributed by atoms with Crippen molar-refractivity contribution in [1.82, 2.24) is 4.98 Å². The minimum atomic E-state index is -0.257. The van der Waals surface area contributed by atoms with Crippen LogP contribution in [-0.4, -0.2) is 24.4 Å². The number of hydrogen-bond acceptors (Lipinski definition) is 2. The zero-order valence-corrected chi connectivity index (χ0v) is 11.2. The average Bonchev–Trinajstić information content (AvgIpc) is 2.93. The molecule has 1 aromatic heterocycles. The quantitative estimate of drug-likeness (QED) is 0.866. The number of aromatic nitrogens is 1. The van der Waals surface area contributed by atoms with Crippen molar-refractivity contribution in [3.63, 3.8) is 0 Å². The Balaban J connectivity index is 1.95. The first-order valence-electron chi connectivity index (χ1n) is 6.97. The third-order valence-corrected chi connectivity index (χ3v) is 3.80. The third kappa shape index (κ3) is 2.46. The van der Waals surface area contributed by atoms with Crippen molar-refractivity contribution in [1.29, 1.82) is 0 Å². The number of nitrogens with zero attached hydrogens (tertiary/aromatic N) is 1. The number of H-pyrrole nitrogens is 1. The molecule has 1 fully saturated rings. The van der Waals surface area contributed by atoms with Gasteiger partial charge in [0.25, 0.3) is 0 Å². The highest BCUT2D eigenvalue weighted by atomic mass is 19.1. The van der Waals surface area contributed by atoms with Crippen LogP contribution in [0, 0.1) is 5.82 Å². The molecule has 1 aliphatic rings. The molecule has 1 N–H and O–H groups in total. The van der Waals surface area contributed by atoms with Gasteiger partial charge in [-0.1, -0.05) is 0 Å². The molecule has 2 aromatic rings. The first kappa shape index (κ1) is 12.9. The lowest BCUT2D eigenvalue weighted by molar-refractivity contribution is 0.112. The molecule has 20 heavy (non-hydrogen) atoms. The zero-order chi connectivity index (χ0) is 13.9. The van der Waals surface area contributed by atoms with Gasteiger partial charge >= 0.3 is 0 Å². The number of piperidine rings is 1. The van der Waals surface area contributed by atoms with Gasteiger partial charge in [0.05, 0.1) is 5.69 Å². The van der Waals surface area contributed by atoms with Crippen LogP contribution in [0.15, 0.2) is 30.3 Å². The normalized spacial score (nSPS) is 15.3. The van der Waals surface area contributed by atoms with Gasteiger partial charge in [-0.05, 0) is 55.2 Å². The molecule has 3 rings (SSSR count). The highest BCUT2D eigenvalue weighted by Crippen LogP contribution is 2.29. The van der Waals surface area contributed by atoms with E-state index in [2.05, 4.69) is 9.88 Å². The van der Waals surface area contributed by atoms with Crippen LogP contribution in [0.4, 0.5) is 10.1 Å². The minimum Gasteiger partial charge on any atom is -0.370 e. The number of rotatable bonds is 3. The summed E-state index contributed by atoms with van der Waals surface area (Å²) in [6.45, 7) is 1.98. The molecule has 0 radical (unpaired) electrons. The predicted octanol–water partition coefficient (Wildman–Crippen LogP) is 3.62. The molecule has 2 heterocycles. The highest BCUT2D eigenvalue weighted by Gasteiger charge is 2.17. The summed E-state index contributed by atoms with van der Waals surface area (Å²) in [6.07, 6.45) is 4.43. The van der Waals surface area contributed by atoms with Gasteiger partial charge in [-0.2, -0.15) is 0 Å². The van der Waals surface area contributed by atoms with Crippen LogP contribution in [-0.2, 0) is 0 Å². The van der Waals surface area contributed by atoms with E-state index in [1.165, 1.54) is 18.6 Å². The molecule has 0 atom stereocenters. The summed E-state index contributed by atoms with van der Waals surface area (Å²) in [7, 11) is 0. The predicted molar refractivity (Wildman–Crippen MR) is 77.6 cm³/mol. The molecular formula is C16H17FN2O. The van der Waals surface area contributed by atoms with Crippen LogP contribution in [0.3, 0.4) is 0 Å². The largest absolute Gasteiger partial charge is 0.370 e. The van der Waals surface area contributed by atoms with Gasteiger partial charge < -0.3 is 9.88 Å². The number of anilines is 1. The van der Waals surface area contributed by atoms with E-state index in [4.69, 9.17) is 0 Å². The van der Waals surface area contributed by atoms with Gasteiger partial charge in [0.15, 0.2) is 6.29 Å². The Morgan fingerprint density at radius 1 is 1.10 bits per heavy atom. The Hall–Kier alpha value is -2.10. The Kier molecular flexibility index (Phi) is 3.54. The summed E-state index contributed by atoms with van der Waals surface area (Å²) in [6, 6.07) is 8.28. The molecule has 104 valence electrons. The fraction of sp³-hybridized carbons (Fsp3) is 0.312. The lowest BCUT2D eigenvalue weighted by atomic mass is 10.1. The summed E-state index contributed by atoms with van der Waals surface area (Å²) in [5, 5.41) is 0. The molecule has 4 heteroatoms. The van der Waals surface area contributed by atoms with Crippen LogP contribution < -0.4 is 4.90 Å². The van der Waals surface area contributed by atoms with Crippen molar-refractivity contribution in [2.45, 2.75) is 19.3 Å². The Morgan fingerprint density at radius 3 is 2.45 bits per heavy atom. The number of aldehydes is 1. The van der Waals surface area contributed by atoms with Crippen molar-refractivity contribution < 1.29 is 9.18 Å². The average molecular weight is 272 g/mol. The second-order valence-corrected chi connectivity index (χ2v) is 5.15. The van der Waals surface area contributed by atoms with E-state index in [0.29, 0.717) is 5.69 Å². The van der Waals surface area contributed by atoms with Gasteiger partial charge in [0.2, 0.25) is 0 Å². The molecule has 1 saturated heterocycles. The fourth-order valence-corrected chi connectivity index (χ4v) is 2.73. The van der Waals surface area contributed by atoms with E-state index in [1.807, 2.05) is 6.07 Å². The number of benzene rings is 1. The van der Waals surface area contributed by atoms with Crippen molar-refractivity contribution >= 4 is 12.0 Å². The van der Waals surface area contributed by atoms with Crippen molar-refractivity contribution in [2.24, 2.45) is 0 Å². The smallest absolute Gasteiger partial charge is 0.168 e. The van der Waals surface area contributed by atoms with Gasteiger partial charge in [0, 0.05) is 18.8 Å². The number of nitrogens with one attached hydrogen (secondary N) is 1. The van der Waals surface area contributed by atoms with E-state index < -0.39 is 0 Å². The maximum atomic E-state index is 13.0. The molecule has 3 nitrogen and oxygen atoms in total. The van der Waals surface area contributed by atoms with Crippen LogP contribution in [0.1, 0.15) is 29.8 Å². The standard InChI is InChI=1S/C16H17FN2O/c17-13-6-4-12(5-7-13)14-10-16(15(11-20)18-14)19-8-2-1-3-9-19/h4-7,10-11,18H,1-3,8-9H2. The number of hydrogen-bond donors (Lipinski definition) is 1. The summed E-state index contributed by atoms with van der Waals surface area (Å²) in [5.74, 6) is -0.257. The molecule has 0 amide bonds. The van der Waals surface area contributed by atoms with E-state index >= 15 is 0 Å². The Labute approximate surface area is 117 Å². The van der Waals surface area contributed by atoms with Gasteiger partial charge in [-0.25, -0.2) is 4.39 Å². The number of carbonyl (C=O) groups excluding carboxylic acids is 1.